The lowest BCUT2D eigenvalue weighted by molar-refractivity contribution is -0.108. The number of pyridine rings is 1. The molecule has 1 rings (SSSR count). The monoisotopic (exact) mass is 185 g/mol. The van der Waals surface area contributed by atoms with Gasteiger partial charge in [0, 0.05) is 17.3 Å². The van der Waals surface area contributed by atoms with E-state index in [2.05, 4.69) is 17.6 Å². The summed E-state index contributed by atoms with van der Waals surface area (Å²) < 4.78 is 0. The van der Waals surface area contributed by atoms with Crippen molar-refractivity contribution in [2.24, 2.45) is 0 Å². The van der Waals surface area contributed by atoms with Crippen molar-refractivity contribution in [1.82, 2.24) is 4.98 Å². The highest BCUT2D eigenvalue weighted by Gasteiger charge is 1.95. The average molecular weight is 185 g/mol. The predicted molar refractivity (Wildman–Crippen MR) is 49.0 cm³/mol. The Kier molecular flexibility index (Phi) is 3.45. The standard InChI is InChI=1S/C7H7NOS2/c9-7(10)5-11-6-1-3-8-4-2-6/h1-4H,5H2,(H,9,10). The molecule has 2 nitrogen and oxygen atoms in total. The molecule has 0 amide bonds. The molecule has 1 aromatic rings. The molecule has 0 radical (unpaired) electrons. The molecule has 0 aliphatic rings. The zero-order valence-corrected chi connectivity index (χ0v) is 7.44. The Labute approximate surface area is 74.8 Å². The highest BCUT2D eigenvalue weighted by atomic mass is 32.2. The average Bonchev–Trinajstić information content (AvgIpc) is 2.03. The Bertz CT molecular complexity index is 237. The van der Waals surface area contributed by atoms with Gasteiger partial charge in [-0.1, -0.05) is 0 Å². The third kappa shape index (κ3) is 3.43. The topological polar surface area (TPSA) is 30.0 Å². The van der Waals surface area contributed by atoms with Crippen molar-refractivity contribution < 1.29 is 4.79 Å². The molecule has 0 aromatic carbocycles. The highest BCUT2D eigenvalue weighted by molar-refractivity contribution is 8.04. The molecular weight excluding hydrogens is 178 g/mol. The first-order chi connectivity index (χ1) is 5.29. The van der Waals surface area contributed by atoms with Gasteiger partial charge in [-0.15, -0.1) is 24.4 Å². The molecule has 0 bridgehead atoms. The van der Waals surface area contributed by atoms with Gasteiger partial charge in [-0.2, -0.15) is 0 Å². The Morgan fingerprint density at radius 3 is 2.73 bits per heavy atom. The fourth-order valence-electron chi connectivity index (χ4n) is 0.580. The van der Waals surface area contributed by atoms with E-state index in [4.69, 9.17) is 0 Å². The van der Waals surface area contributed by atoms with Crippen molar-refractivity contribution >= 4 is 29.5 Å². The van der Waals surface area contributed by atoms with Gasteiger partial charge in [0.05, 0.1) is 5.75 Å². The lowest BCUT2D eigenvalue weighted by Crippen LogP contribution is -1.88. The highest BCUT2D eigenvalue weighted by Crippen LogP contribution is 2.16. The second-order valence-corrected chi connectivity index (χ2v) is 3.41. The summed E-state index contributed by atoms with van der Waals surface area (Å²) in [5.41, 5.74) is 0. The summed E-state index contributed by atoms with van der Waals surface area (Å²) in [7, 11) is 0. The van der Waals surface area contributed by atoms with Crippen LogP contribution in [0.1, 0.15) is 0 Å². The first kappa shape index (κ1) is 8.62. The van der Waals surface area contributed by atoms with E-state index >= 15 is 0 Å². The minimum Gasteiger partial charge on any atom is -0.287 e. The SMILES string of the molecule is O=C(S)CSc1ccncc1. The Hall–Kier alpha value is -0.480. The zero-order valence-electron chi connectivity index (χ0n) is 5.73. The van der Waals surface area contributed by atoms with E-state index in [1.54, 1.807) is 12.4 Å². The molecule has 0 saturated heterocycles. The number of thiol groups is 1. The maximum Gasteiger partial charge on any atom is 0.196 e. The number of hydrogen-bond acceptors (Lipinski definition) is 3. The van der Waals surface area contributed by atoms with Gasteiger partial charge in [-0.05, 0) is 12.1 Å². The van der Waals surface area contributed by atoms with E-state index in [1.165, 1.54) is 11.8 Å². The molecule has 11 heavy (non-hydrogen) atoms. The van der Waals surface area contributed by atoms with E-state index in [1.807, 2.05) is 12.1 Å². The van der Waals surface area contributed by atoms with E-state index in [0.717, 1.165) is 4.90 Å². The van der Waals surface area contributed by atoms with Crippen LogP contribution in [0.25, 0.3) is 0 Å². The summed E-state index contributed by atoms with van der Waals surface area (Å²) in [4.78, 5) is 15.3. The molecule has 0 spiro atoms. The second-order valence-electron chi connectivity index (χ2n) is 1.87. The number of hydrogen-bond donors (Lipinski definition) is 1. The smallest absolute Gasteiger partial charge is 0.196 e. The number of aromatic nitrogens is 1. The number of thioether (sulfide) groups is 1. The van der Waals surface area contributed by atoms with Gasteiger partial charge >= 0.3 is 0 Å². The summed E-state index contributed by atoms with van der Waals surface area (Å²) in [6.07, 6.45) is 3.40. The number of nitrogens with zero attached hydrogens (tertiary/aromatic N) is 1. The van der Waals surface area contributed by atoms with Crippen molar-refractivity contribution in [3.63, 3.8) is 0 Å². The second kappa shape index (κ2) is 4.41. The summed E-state index contributed by atoms with van der Waals surface area (Å²) in [6.45, 7) is 0. The first-order valence-electron chi connectivity index (χ1n) is 3.03. The molecule has 0 fully saturated rings. The van der Waals surface area contributed by atoms with Crippen molar-refractivity contribution in [2.45, 2.75) is 4.90 Å². The van der Waals surface area contributed by atoms with Gasteiger partial charge in [-0.3, -0.25) is 9.78 Å². The summed E-state index contributed by atoms with van der Waals surface area (Å²) in [6, 6.07) is 3.72. The molecule has 0 aliphatic carbocycles. The number of carbonyl (C=O) groups is 1. The van der Waals surface area contributed by atoms with Crippen LogP contribution in [0.5, 0.6) is 0 Å². The quantitative estimate of drug-likeness (QED) is 0.573. The molecule has 1 aromatic heterocycles. The van der Waals surface area contributed by atoms with Crippen LogP contribution in [-0.2, 0) is 4.79 Å². The molecule has 4 heteroatoms. The molecule has 0 unspecified atom stereocenters. The fraction of sp³-hybridized carbons (Fsp3) is 0.143. The van der Waals surface area contributed by atoms with Crippen molar-refractivity contribution in [2.75, 3.05) is 5.75 Å². The minimum absolute atomic E-state index is 0.105. The summed E-state index contributed by atoms with van der Waals surface area (Å²) >= 11 is 5.12. The van der Waals surface area contributed by atoms with E-state index in [0.29, 0.717) is 5.75 Å². The minimum atomic E-state index is -0.105. The largest absolute Gasteiger partial charge is 0.287 e. The summed E-state index contributed by atoms with van der Waals surface area (Å²) in [5, 5.41) is -0.105. The van der Waals surface area contributed by atoms with Crippen LogP contribution in [0.2, 0.25) is 0 Å². The van der Waals surface area contributed by atoms with Gasteiger partial charge in [0.2, 0.25) is 0 Å². The van der Waals surface area contributed by atoms with E-state index in [9.17, 15) is 4.79 Å². The molecule has 0 atom stereocenters. The molecule has 0 aliphatic heterocycles. The zero-order chi connectivity index (χ0) is 8.10. The Balaban J connectivity index is 2.45. The van der Waals surface area contributed by atoms with Crippen LogP contribution in [-0.4, -0.2) is 15.9 Å². The maximum atomic E-state index is 10.4. The third-order valence-corrected chi connectivity index (χ3v) is 2.40. The molecule has 0 N–H and O–H groups in total. The lowest BCUT2D eigenvalue weighted by Gasteiger charge is -1.95. The van der Waals surface area contributed by atoms with Crippen molar-refractivity contribution in [3.8, 4) is 0 Å². The van der Waals surface area contributed by atoms with Gasteiger partial charge in [0.1, 0.15) is 0 Å². The van der Waals surface area contributed by atoms with Crippen LogP contribution in [0, 0.1) is 0 Å². The first-order valence-corrected chi connectivity index (χ1v) is 4.47. The lowest BCUT2D eigenvalue weighted by atomic mass is 10.5. The van der Waals surface area contributed by atoms with Gasteiger partial charge in [0.15, 0.2) is 5.12 Å². The van der Waals surface area contributed by atoms with Crippen LogP contribution < -0.4 is 0 Å². The van der Waals surface area contributed by atoms with Gasteiger partial charge in [0.25, 0.3) is 0 Å². The molecule has 58 valence electrons. The van der Waals surface area contributed by atoms with Crippen LogP contribution >= 0.6 is 24.4 Å². The maximum absolute atomic E-state index is 10.4. The number of carbonyl (C=O) groups excluding carboxylic acids is 1. The molecular formula is C7H7NOS2. The third-order valence-electron chi connectivity index (χ3n) is 1.01. The molecule has 0 saturated carbocycles. The summed E-state index contributed by atoms with van der Waals surface area (Å²) in [5.74, 6) is 0.410. The van der Waals surface area contributed by atoms with E-state index < -0.39 is 0 Å². The normalized spacial score (nSPS) is 9.55. The van der Waals surface area contributed by atoms with Crippen molar-refractivity contribution in [1.29, 1.82) is 0 Å². The predicted octanol–water partition coefficient (Wildman–Crippen LogP) is 1.63. The molecule has 1 heterocycles. The number of rotatable bonds is 3. The van der Waals surface area contributed by atoms with Crippen LogP contribution in [0.4, 0.5) is 0 Å². The van der Waals surface area contributed by atoms with Gasteiger partial charge < -0.3 is 0 Å². The fourth-order valence-corrected chi connectivity index (χ4v) is 1.38. The van der Waals surface area contributed by atoms with Crippen LogP contribution in [0.15, 0.2) is 29.4 Å². The Morgan fingerprint density at radius 2 is 2.18 bits per heavy atom. The van der Waals surface area contributed by atoms with E-state index in [-0.39, 0.29) is 5.12 Å². The van der Waals surface area contributed by atoms with Crippen LogP contribution in [0.3, 0.4) is 0 Å². The Morgan fingerprint density at radius 1 is 1.55 bits per heavy atom. The van der Waals surface area contributed by atoms with Gasteiger partial charge in [-0.25, -0.2) is 0 Å². The van der Waals surface area contributed by atoms with Crippen molar-refractivity contribution in [3.05, 3.63) is 24.5 Å².